The molecule has 1 unspecified atom stereocenters. The molecule has 2 heterocycles. The fourth-order valence-electron chi connectivity index (χ4n) is 7.76. The van der Waals surface area contributed by atoms with E-state index in [-0.39, 0.29) is 36.3 Å². The number of carbonyl (C=O) groups excluding carboxylic acids is 4. The van der Waals surface area contributed by atoms with Crippen LogP contribution >= 0.6 is 0 Å². The summed E-state index contributed by atoms with van der Waals surface area (Å²) in [5.41, 5.74) is 0.703. The summed E-state index contributed by atoms with van der Waals surface area (Å²) in [5.74, 6) is -2.26. The van der Waals surface area contributed by atoms with Crippen molar-refractivity contribution < 1.29 is 33.1 Å². The third kappa shape index (κ3) is 2.88. The lowest BCUT2D eigenvalue weighted by Crippen LogP contribution is -2.64. The van der Waals surface area contributed by atoms with E-state index in [1.165, 1.54) is 7.11 Å². The highest BCUT2D eigenvalue weighted by atomic mass is 16.5. The lowest BCUT2D eigenvalue weighted by molar-refractivity contribution is -0.172. The van der Waals surface area contributed by atoms with Crippen LogP contribution in [0.15, 0.2) is 34.2 Å². The highest BCUT2D eigenvalue weighted by molar-refractivity contribution is 6.11. The molecule has 1 aromatic rings. The quantitative estimate of drug-likeness (QED) is 0.369. The van der Waals surface area contributed by atoms with Gasteiger partial charge in [-0.1, -0.05) is 33.3 Å². The summed E-state index contributed by atoms with van der Waals surface area (Å²) in [6, 6.07) is 1.82. The van der Waals surface area contributed by atoms with Gasteiger partial charge in [-0.2, -0.15) is 0 Å². The van der Waals surface area contributed by atoms with Crippen LogP contribution in [-0.4, -0.2) is 30.6 Å². The average molecular weight is 469 g/mol. The molecular weight excluding hydrogens is 436 g/mol. The lowest BCUT2D eigenvalue weighted by Gasteiger charge is -2.61. The first-order chi connectivity index (χ1) is 16.0. The van der Waals surface area contributed by atoms with Gasteiger partial charge >= 0.3 is 11.9 Å². The number of carbonyl (C=O) groups is 4. The smallest absolute Gasteiger partial charge is 0.310 e. The molecule has 1 aromatic heterocycles. The van der Waals surface area contributed by atoms with E-state index in [1.807, 2.05) is 26.8 Å². The lowest BCUT2D eigenvalue weighted by atomic mass is 9.41. The summed E-state index contributed by atoms with van der Waals surface area (Å²) in [6.07, 6.45) is 4.68. The van der Waals surface area contributed by atoms with Crippen molar-refractivity contribution in [2.24, 2.45) is 34.0 Å². The molecule has 1 aliphatic heterocycles. The molecular formula is C27H32O7. The van der Waals surface area contributed by atoms with Crippen LogP contribution in [0.3, 0.4) is 0 Å². The standard InChI is InChI=1S/C27H32O7/c1-25(2)19(12-20(28)32-5)27(4)17-6-8-26(3)18(15(17)10-16(22(25)30)23(27)31)11-21(29)34-24(26)14-7-9-33-13-14/h7,9,13,16-17,19,24H,6,8,10-12H2,1-5H3/t16-,17?,19-,24-,26+,27-/m0/s1. The number of cyclic esters (lactones) is 1. The molecule has 3 fully saturated rings. The summed E-state index contributed by atoms with van der Waals surface area (Å²) in [4.78, 5) is 52.6. The molecule has 2 bridgehead atoms. The molecule has 0 radical (unpaired) electrons. The minimum absolute atomic E-state index is 0.0142. The fraction of sp³-hybridized carbons (Fsp3) is 0.630. The molecule has 2 saturated carbocycles. The first-order valence-electron chi connectivity index (χ1n) is 12.1. The van der Waals surface area contributed by atoms with Gasteiger partial charge in [0.15, 0.2) is 0 Å². The topological polar surface area (TPSA) is 99.9 Å². The summed E-state index contributed by atoms with van der Waals surface area (Å²) >= 11 is 0. The monoisotopic (exact) mass is 468 g/mol. The summed E-state index contributed by atoms with van der Waals surface area (Å²) in [6.45, 7) is 7.77. The summed E-state index contributed by atoms with van der Waals surface area (Å²) in [7, 11) is 1.33. The van der Waals surface area contributed by atoms with Crippen molar-refractivity contribution in [3.8, 4) is 0 Å². The molecule has 1 saturated heterocycles. The largest absolute Gasteiger partial charge is 0.472 e. The van der Waals surface area contributed by atoms with Crippen LogP contribution in [0.5, 0.6) is 0 Å². The van der Waals surface area contributed by atoms with Crippen LogP contribution < -0.4 is 0 Å². The van der Waals surface area contributed by atoms with E-state index >= 15 is 0 Å². The van der Waals surface area contributed by atoms with Crippen LogP contribution in [0.1, 0.15) is 71.5 Å². The molecule has 0 spiro atoms. The second-order valence-electron chi connectivity index (χ2n) is 11.4. The Kier molecular flexibility index (Phi) is 5.02. The van der Waals surface area contributed by atoms with E-state index in [2.05, 4.69) is 6.92 Å². The number of ether oxygens (including phenoxy) is 2. The molecule has 0 aromatic carbocycles. The Morgan fingerprint density at radius 2 is 1.88 bits per heavy atom. The Hall–Kier alpha value is -2.70. The van der Waals surface area contributed by atoms with Gasteiger partial charge in [-0.3, -0.25) is 19.2 Å². The highest BCUT2D eigenvalue weighted by Crippen LogP contribution is 2.66. The average Bonchev–Trinajstić information content (AvgIpc) is 3.32. The van der Waals surface area contributed by atoms with Crippen molar-refractivity contribution in [2.45, 2.75) is 65.9 Å². The van der Waals surface area contributed by atoms with Gasteiger partial charge < -0.3 is 13.9 Å². The predicted octanol–water partition coefficient (Wildman–Crippen LogP) is 4.36. The zero-order valence-electron chi connectivity index (χ0n) is 20.4. The number of hydrogen-bond donors (Lipinski definition) is 0. The molecule has 7 heteroatoms. The molecule has 182 valence electrons. The maximum atomic E-state index is 13.8. The van der Waals surface area contributed by atoms with E-state index in [1.54, 1.807) is 12.5 Å². The summed E-state index contributed by atoms with van der Waals surface area (Å²) < 4.78 is 16.1. The second-order valence-corrected chi connectivity index (χ2v) is 11.4. The fourth-order valence-corrected chi connectivity index (χ4v) is 7.76. The molecule has 5 rings (SSSR count). The number of methoxy groups -OCH3 is 1. The number of esters is 2. The van der Waals surface area contributed by atoms with Gasteiger partial charge in [0, 0.05) is 21.8 Å². The van der Waals surface area contributed by atoms with Crippen LogP contribution in [0.25, 0.3) is 0 Å². The Balaban J connectivity index is 1.68. The Labute approximate surface area is 199 Å². The van der Waals surface area contributed by atoms with Gasteiger partial charge in [-0.25, -0.2) is 0 Å². The van der Waals surface area contributed by atoms with Gasteiger partial charge in [-0.15, -0.1) is 0 Å². The Bertz CT molecular complexity index is 1110. The van der Waals surface area contributed by atoms with Crippen molar-refractivity contribution in [1.82, 2.24) is 0 Å². The Morgan fingerprint density at radius 3 is 2.53 bits per heavy atom. The molecule has 0 N–H and O–H groups in total. The maximum absolute atomic E-state index is 13.8. The molecule has 3 aliphatic carbocycles. The van der Waals surface area contributed by atoms with E-state index in [0.717, 1.165) is 29.6 Å². The van der Waals surface area contributed by atoms with Crippen molar-refractivity contribution in [2.75, 3.05) is 7.11 Å². The summed E-state index contributed by atoms with van der Waals surface area (Å²) in [5, 5.41) is 0. The minimum atomic E-state index is -0.884. The molecule has 34 heavy (non-hydrogen) atoms. The van der Waals surface area contributed by atoms with Crippen molar-refractivity contribution in [1.29, 1.82) is 0 Å². The predicted molar refractivity (Wildman–Crippen MR) is 120 cm³/mol. The third-order valence-corrected chi connectivity index (χ3v) is 9.59. The van der Waals surface area contributed by atoms with Gasteiger partial charge in [0.25, 0.3) is 0 Å². The number of fused-ring (bicyclic) bond motifs is 5. The maximum Gasteiger partial charge on any atom is 0.310 e. The van der Waals surface area contributed by atoms with E-state index < -0.39 is 40.2 Å². The van der Waals surface area contributed by atoms with Crippen molar-refractivity contribution >= 4 is 23.5 Å². The SMILES string of the molecule is COC(=O)C[C@H]1C(C)(C)C(=O)[C@@H]2CC3=C4CC(=O)O[C@@H](c5ccoc5)[C@]4(C)CCC3[C@]1(C)C2=O. The number of rotatable bonds is 3. The number of hydrogen-bond acceptors (Lipinski definition) is 7. The third-order valence-electron chi connectivity index (χ3n) is 9.59. The van der Waals surface area contributed by atoms with Gasteiger partial charge in [0.1, 0.15) is 17.7 Å². The van der Waals surface area contributed by atoms with Crippen LogP contribution in [0.4, 0.5) is 0 Å². The van der Waals surface area contributed by atoms with Crippen LogP contribution in [0, 0.1) is 34.0 Å². The van der Waals surface area contributed by atoms with Crippen molar-refractivity contribution in [3.05, 3.63) is 35.3 Å². The number of furan rings is 1. The number of Topliss-reactive ketones (excluding diaryl/α,β-unsaturated/α-hetero) is 2. The van der Waals surface area contributed by atoms with E-state index in [9.17, 15) is 19.2 Å². The van der Waals surface area contributed by atoms with Crippen molar-refractivity contribution in [3.63, 3.8) is 0 Å². The Morgan fingerprint density at radius 1 is 1.15 bits per heavy atom. The highest BCUT2D eigenvalue weighted by Gasteiger charge is 2.67. The molecule has 7 nitrogen and oxygen atoms in total. The molecule has 6 atom stereocenters. The normalized spacial score (nSPS) is 38.7. The van der Waals surface area contributed by atoms with Crippen LogP contribution in [-0.2, 0) is 28.7 Å². The minimum Gasteiger partial charge on any atom is -0.472 e. The molecule has 0 amide bonds. The van der Waals surface area contributed by atoms with Gasteiger partial charge in [0.2, 0.25) is 0 Å². The van der Waals surface area contributed by atoms with E-state index in [4.69, 9.17) is 13.9 Å². The second kappa shape index (κ2) is 7.40. The van der Waals surface area contributed by atoms with Gasteiger partial charge in [-0.05, 0) is 42.7 Å². The number of allylic oxidation sites excluding steroid dienone is 1. The van der Waals surface area contributed by atoms with Crippen LogP contribution in [0.2, 0.25) is 0 Å². The van der Waals surface area contributed by atoms with Gasteiger partial charge in [0.05, 0.1) is 38.4 Å². The van der Waals surface area contributed by atoms with E-state index in [0.29, 0.717) is 6.42 Å². The number of ketones is 2. The first kappa shape index (κ1) is 23.1. The zero-order chi connectivity index (χ0) is 24.6. The molecule has 4 aliphatic rings. The first-order valence-corrected chi connectivity index (χ1v) is 12.1. The zero-order valence-corrected chi connectivity index (χ0v) is 20.4.